The normalized spacial score (nSPS) is 11.7. The molecule has 4 aromatic rings. The van der Waals surface area contributed by atoms with Crippen molar-refractivity contribution in [1.82, 2.24) is 9.97 Å². The van der Waals surface area contributed by atoms with Crippen LogP contribution in [0.4, 0.5) is 5.95 Å². The predicted molar refractivity (Wildman–Crippen MR) is 104 cm³/mol. The topological polar surface area (TPSA) is 63.3 Å². The summed E-state index contributed by atoms with van der Waals surface area (Å²) < 4.78 is 5.35. The lowest BCUT2D eigenvalue weighted by molar-refractivity contribution is 0.557. The molecule has 2 heterocycles. The highest BCUT2D eigenvalue weighted by Crippen LogP contribution is 2.28. The summed E-state index contributed by atoms with van der Waals surface area (Å²) in [6, 6.07) is 20.0. The molecule has 5 heteroatoms. The minimum Gasteiger partial charge on any atom is -0.463 e. The number of benzene rings is 2. The van der Waals surface area contributed by atoms with Crippen LogP contribution in [0.2, 0.25) is 0 Å². The van der Waals surface area contributed by atoms with E-state index in [1.807, 2.05) is 61.5 Å². The van der Waals surface area contributed by atoms with Crippen molar-refractivity contribution >= 4 is 22.6 Å². The predicted octanol–water partition coefficient (Wildman–Crippen LogP) is 5.03. The molecule has 2 aromatic heterocycles. The maximum Gasteiger partial charge on any atom is 0.244 e. The molecule has 0 saturated heterocycles. The van der Waals surface area contributed by atoms with Crippen LogP contribution >= 0.6 is 0 Å². The molecular formula is C21H18N4O. The SMILES string of the molecule is CC(=NNc1nc(-c2ccccc2)c2cc(C)ccc2n1)c1ccco1. The Bertz CT molecular complexity index is 1070. The lowest BCUT2D eigenvalue weighted by atomic mass is 10.0. The Balaban J connectivity index is 1.79. The molecule has 0 saturated carbocycles. The highest BCUT2D eigenvalue weighted by molar-refractivity contribution is 5.97. The molecule has 0 spiro atoms. The summed E-state index contributed by atoms with van der Waals surface area (Å²) in [5, 5.41) is 5.37. The molecule has 2 aromatic carbocycles. The quantitative estimate of drug-likeness (QED) is 0.417. The number of hydrogen-bond donors (Lipinski definition) is 1. The van der Waals surface area contributed by atoms with Crippen LogP contribution in [0, 0.1) is 6.92 Å². The third-order valence-corrected chi connectivity index (χ3v) is 4.10. The first-order valence-electron chi connectivity index (χ1n) is 8.39. The van der Waals surface area contributed by atoms with Gasteiger partial charge >= 0.3 is 0 Å². The van der Waals surface area contributed by atoms with E-state index in [1.165, 1.54) is 5.56 Å². The van der Waals surface area contributed by atoms with Crippen LogP contribution < -0.4 is 5.43 Å². The molecule has 0 atom stereocenters. The van der Waals surface area contributed by atoms with Gasteiger partial charge in [-0.3, -0.25) is 0 Å². The Kier molecular flexibility index (Phi) is 4.19. The molecule has 0 unspecified atom stereocenters. The van der Waals surface area contributed by atoms with E-state index in [0.717, 1.165) is 27.9 Å². The van der Waals surface area contributed by atoms with Crippen LogP contribution in [-0.2, 0) is 0 Å². The number of fused-ring (bicyclic) bond motifs is 1. The molecule has 0 aliphatic rings. The Hall–Kier alpha value is -3.47. The maximum absolute atomic E-state index is 5.35. The van der Waals surface area contributed by atoms with Gasteiger partial charge in [0.25, 0.3) is 0 Å². The minimum atomic E-state index is 0.450. The van der Waals surface area contributed by atoms with Gasteiger partial charge in [-0.25, -0.2) is 15.4 Å². The number of rotatable bonds is 4. The van der Waals surface area contributed by atoms with Crippen molar-refractivity contribution in [3.63, 3.8) is 0 Å². The Morgan fingerprint density at radius 1 is 1.00 bits per heavy atom. The second-order valence-electron chi connectivity index (χ2n) is 6.07. The summed E-state index contributed by atoms with van der Waals surface area (Å²) in [5.74, 6) is 1.16. The van der Waals surface area contributed by atoms with Crippen molar-refractivity contribution in [1.29, 1.82) is 0 Å². The molecule has 0 radical (unpaired) electrons. The van der Waals surface area contributed by atoms with E-state index in [2.05, 4.69) is 28.5 Å². The Morgan fingerprint density at radius 3 is 2.62 bits per heavy atom. The molecule has 0 bridgehead atoms. The van der Waals surface area contributed by atoms with E-state index in [1.54, 1.807) is 6.26 Å². The van der Waals surface area contributed by atoms with Crippen LogP contribution in [0.1, 0.15) is 18.2 Å². The standard InChI is InChI=1S/C21H18N4O/c1-14-10-11-18-17(13-14)20(16-7-4-3-5-8-16)23-21(22-18)25-24-15(2)19-9-6-12-26-19/h3-13H,1-2H3,(H,22,23,25). The van der Waals surface area contributed by atoms with Gasteiger partial charge in [-0.05, 0) is 38.1 Å². The molecule has 128 valence electrons. The van der Waals surface area contributed by atoms with Crippen LogP contribution in [0.3, 0.4) is 0 Å². The average molecular weight is 342 g/mol. The van der Waals surface area contributed by atoms with Gasteiger partial charge in [-0.15, -0.1) is 0 Å². The number of hydrogen-bond acceptors (Lipinski definition) is 5. The fourth-order valence-corrected chi connectivity index (χ4v) is 2.78. The van der Waals surface area contributed by atoms with E-state index in [-0.39, 0.29) is 0 Å². The van der Waals surface area contributed by atoms with Crippen LogP contribution in [0.5, 0.6) is 0 Å². The van der Waals surface area contributed by atoms with E-state index in [4.69, 9.17) is 9.40 Å². The molecule has 4 rings (SSSR count). The van der Waals surface area contributed by atoms with E-state index in [9.17, 15) is 0 Å². The highest BCUT2D eigenvalue weighted by Gasteiger charge is 2.10. The van der Waals surface area contributed by atoms with E-state index in [0.29, 0.717) is 11.7 Å². The van der Waals surface area contributed by atoms with Gasteiger partial charge in [-0.2, -0.15) is 5.10 Å². The molecule has 0 aliphatic carbocycles. The van der Waals surface area contributed by atoms with Gasteiger partial charge in [-0.1, -0.05) is 42.0 Å². The van der Waals surface area contributed by atoms with E-state index >= 15 is 0 Å². The van der Waals surface area contributed by atoms with Gasteiger partial charge in [0.1, 0.15) is 11.5 Å². The van der Waals surface area contributed by atoms with Crippen molar-refractivity contribution in [3.8, 4) is 11.3 Å². The lowest BCUT2D eigenvalue weighted by Gasteiger charge is -2.09. The van der Waals surface area contributed by atoms with E-state index < -0.39 is 0 Å². The third kappa shape index (κ3) is 3.19. The molecule has 1 N–H and O–H groups in total. The Morgan fingerprint density at radius 2 is 1.85 bits per heavy atom. The smallest absolute Gasteiger partial charge is 0.244 e. The first-order valence-corrected chi connectivity index (χ1v) is 8.39. The molecule has 0 amide bonds. The van der Waals surface area contributed by atoms with Crippen molar-refractivity contribution in [2.45, 2.75) is 13.8 Å². The van der Waals surface area contributed by atoms with Crippen LogP contribution in [0.25, 0.3) is 22.2 Å². The largest absolute Gasteiger partial charge is 0.463 e. The molecule has 0 aliphatic heterocycles. The monoisotopic (exact) mass is 342 g/mol. The maximum atomic E-state index is 5.35. The zero-order valence-corrected chi connectivity index (χ0v) is 14.6. The van der Waals surface area contributed by atoms with Gasteiger partial charge in [0.2, 0.25) is 5.95 Å². The number of aryl methyl sites for hydroxylation is 1. The summed E-state index contributed by atoms with van der Waals surface area (Å²) in [6.07, 6.45) is 1.62. The van der Waals surface area contributed by atoms with Gasteiger partial charge in [0, 0.05) is 10.9 Å². The number of nitrogens with one attached hydrogen (secondary N) is 1. The average Bonchev–Trinajstić information content (AvgIpc) is 3.21. The van der Waals surface area contributed by atoms with Crippen molar-refractivity contribution in [2.24, 2.45) is 5.10 Å². The number of nitrogens with zero attached hydrogens (tertiary/aromatic N) is 3. The summed E-state index contributed by atoms with van der Waals surface area (Å²) in [5.41, 5.74) is 7.65. The Labute approximate surface area is 151 Å². The summed E-state index contributed by atoms with van der Waals surface area (Å²) in [7, 11) is 0. The number of anilines is 1. The summed E-state index contributed by atoms with van der Waals surface area (Å²) in [6.45, 7) is 3.94. The van der Waals surface area contributed by atoms with Gasteiger partial charge in [0.05, 0.1) is 17.5 Å². The summed E-state index contributed by atoms with van der Waals surface area (Å²) >= 11 is 0. The molecule has 0 fully saturated rings. The van der Waals surface area contributed by atoms with Gasteiger partial charge in [0.15, 0.2) is 0 Å². The molecule has 5 nitrogen and oxygen atoms in total. The number of hydrazone groups is 1. The summed E-state index contributed by atoms with van der Waals surface area (Å²) in [4.78, 5) is 9.30. The number of aromatic nitrogens is 2. The molecule has 26 heavy (non-hydrogen) atoms. The molecular weight excluding hydrogens is 324 g/mol. The van der Waals surface area contributed by atoms with Crippen LogP contribution in [0.15, 0.2) is 76.4 Å². The zero-order chi connectivity index (χ0) is 17.9. The van der Waals surface area contributed by atoms with Gasteiger partial charge < -0.3 is 4.42 Å². The van der Waals surface area contributed by atoms with Crippen LogP contribution in [-0.4, -0.2) is 15.7 Å². The second kappa shape index (κ2) is 6.80. The second-order valence-corrected chi connectivity index (χ2v) is 6.07. The third-order valence-electron chi connectivity index (χ3n) is 4.10. The van der Waals surface area contributed by atoms with Crippen molar-refractivity contribution in [2.75, 3.05) is 5.43 Å². The minimum absolute atomic E-state index is 0.450. The first kappa shape index (κ1) is 16.0. The first-order chi connectivity index (χ1) is 12.7. The van der Waals surface area contributed by atoms with Crippen molar-refractivity contribution in [3.05, 3.63) is 78.3 Å². The zero-order valence-electron chi connectivity index (χ0n) is 14.6. The fraction of sp³-hybridized carbons (Fsp3) is 0.0952. The number of furan rings is 1. The lowest BCUT2D eigenvalue weighted by Crippen LogP contribution is -2.03. The fourth-order valence-electron chi connectivity index (χ4n) is 2.78. The highest BCUT2D eigenvalue weighted by atomic mass is 16.3. The van der Waals surface area contributed by atoms with Crippen molar-refractivity contribution < 1.29 is 4.42 Å².